The Kier molecular flexibility index (Phi) is 3.73. The van der Waals surface area contributed by atoms with Crippen LogP contribution in [0, 0.1) is 0 Å². The molecule has 3 nitrogen and oxygen atoms in total. The van der Waals surface area contributed by atoms with Crippen LogP contribution < -0.4 is 0 Å². The van der Waals surface area contributed by atoms with Gasteiger partial charge in [-0.2, -0.15) is 0 Å². The molecule has 0 aliphatic rings. The Morgan fingerprint density at radius 3 is 1.53 bits per heavy atom. The molecule has 0 amide bonds. The quantitative estimate of drug-likeness (QED) is 0.600. The monoisotopic (exact) mass is 281 g/mol. The third kappa shape index (κ3) is 2.61. The maximum atomic E-state index is 3.62. The third-order valence-electron chi connectivity index (χ3n) is 3.84. The SMILES string of the molecule is [AlH2][CH](c1ccc[nH]1)c1ccc([CH]([AlH2])c2ccc[nH]2)[nH]1. The van der Waals surface area contributed by atoms with Crippen molar-refractivity contribution in [2.45, 2.75) is 9.56 Å². The average molecular weight is 281 g/mol. The summed E-state index contributed by atoms with van der Waals surface area (Å²) in [7, 11) is 0. The topological polar surface area (TPSA) is 47.4 Å². The highest BCUT2D eigenvalue weighted by molar-refractivity contribution is 6.15. The lowest BCUT2D eigenvalue weighted by Crippen LogP contribution is -2.04. The second-order valence-electron chi connectivity index (χ2n) is 5.06. The largest absolute Gasteiger partial charge is 0.366 e. The summed E-state index contributed by atoms with van der Waals surface area (Å²) >= 11 is 2.21. The van der Waals surface area contributed by atoms with E-state index in [1.54, 1.807) is 0 Å². The van der Waals surface area contributed by atoms with E-state index in [0.717, 1.165) is 32.6 Å². The van der Waals surface area contributed by atoms with E-state index in [0.29, 0.717) is 9.56 Å². The van der Waals surface area contributed by atoms with Crippen LogP contribution in [0.2, 0.25) is 0 Å². The number of H-pyrrole nitrogens is 3. The van der Waals surface area contributed by atoms with Crippen molar-refractivity contribution in [2.75, 3.05) is 0 Å². The van der Waals surface area contributed by atoms with E-state index in [1.807, 2.05) is 12.4 Å². The number of nitrogens with one attached hydrogen (secondary N) is 3. The molecule has 0 aromatic carbocycles. The molecular formula is C14H17Al2N3. The minimum atomic E-state index is 0.515. The Bertz CT molecular complexity index is 571. The summed E-state index contributed by atoms with van der Waals surface area (Å²) in [4.78, 5) is 10.3. The van der Waals surface area contributed by atoms with E-state index in [4.69, 9.17) is 0 Å². The second kappa shape index (κ2) is 5.49. The van der Waals surface area contributed by atoms with Gasteiger partial charge in [-0.15, -0.1) is 0 Å². The van der Waals surface area contributed by atoms with Crippen LogP contribution in [-0.2, 0) is 0 Å². The van der Waals surface area contributed by atoms with Crippen LogP contribution >= 0.6 is 0 Å². The minimum absolute atomic E-state index is 0.515. The van der Waals surface area contributed by atoms with E-state index in [2.05, 4.69) is 51.4 Å². The van der Waals surface area contributed by atoms with Crippen molar-refractivity contribution in [2.24, 2.45) is 0 Å². The maximum absolute atomic E-state index is 3.62. The smallest absolute Gasteiger partial charge is 0.235 e. The summed E-state index contributed by atoms with van der Waals surface area (Å²) in [5, 5.41) is 0. The van der Waals surface area contributed by atoms with Crippen LogP contribution in [0.5, 0.6) is 0 Å². The molecule has 0 saturated carbocycles. The summed E-state index contributed by atoms with van der Waals surface area (Å²) in [6, 6.07) is 12.9. The molecule has 3 heterocycles. The van der Waals surface area contributed by atoms with Gasteiger partial charge in [0.2, 0.25) is 32.6 Å². The first-order valence-corrected chi connectivity index (χ1v) is 9.02. The van der Waals surface area contributed by atoms with Gasteiger partial charge in [0.15, 0.2) is 0 Å². The Morgan fingerprint density at radius 2 is 1.16 bits per heavy atom. The molecule has 2 atom stereocenters. The van der Waals surface area contributed by atoms with E-state index >= 15 is 0 Å². The van der Waals surface area contributed by atoms with Crippen LogP contribution in [0.25, 0.3) is 0 Å². The molecule has 3 aromatic rings. The van der Waals surface area contributed by atoms with Gasteiger partial charge >= 0.3 is 0 Å². The molecule has 3 N–H and O–H groups in total. The summed E-state index contributed by atoms with van der Waals surface area (Å²) in [6.45, 7) is 0. The fourth-order valence-electron chi connectivity index (χ4n) is 2.50. The zero-order chi connectivity index (χ0) is 13.2. The van der Waals surface area contributed by atoms with E-state index in [1.165, 1.54) is 22.8 Å². The molecule has 5 heteroatoms. The van der Waals surface area contributed by atoms with Gasteiger partial charge in [0.1, 0.15) is 0 Å². The minimum Gasteiger partial charge on any atom is -0.366 e. The summed E-state index contributed by atoms with van der Waals surface area (Å²) in [5.41, 5.74) is 5.28. The highest BCUT2D eigenvalue weighted by Gasteiger charge is 2.15. The molecule has 0 aliphatic carbocycles. The number of hydrogen-bond donors (Lipinski definition) is 3. The highest BCUT2D eigenvalue weighted by atomic mass is 27.1. The van der Waals surface area contributed by atoms with E-state index in [-0.39, 0.29) is 0 Å². The first-order chi connectivity index (χ1) is 9.25. The Labute approximate surface area is 128 Å². The molecule has 0 radical (unpaired) electrons. The molecule has 94 valence electrons. The van der Waals surface area contributed by atoms with Crippen molar-refractivity contribution in [1.82, 2.24) is 15.0 Å². The second-order valence-corrected chi connectivity index (χ2v) is 7.37. The molecule has 0 saturated heterocycles. The Morgan fingerprint density at radius 1 is 0.684 bits per heavy atom. The first kappa shape index (κ1) is 12.9. The lowest BCUT2D eigenvalue weighted by molar-refractivity contribution is 0.958. The molecule has 0 aliphatic heterocycles. The van der Waals surface area contributed by atoms with Crippen molar-refractivity contribution in [3.05, 3.63) is 71.6 Å². The fraction of sp³-hybridized carbons (Fsp3) is 0.143. The normalized spacial score (nSPS) is 14.3. The van der Waals surface area contributed by atoms with Crippen LogP contribution in [0.4, 0.5) is 0 Å². The van der Waals surface area contributed by atoms with Gasteiger partial charge in [-0.05, 0) is 46.0 Å². The Hall–Kier alpha value is -1.10. The summed E-state index contributed by atoms with van der Waals surface area (Å²) in [6.07, 6.45) is 4.00. The van der Waals surface area contributed by atoms with E-state index in [9.17, 15) is 0 Å². The molecule has 0 bridgehead atoms. The molecule has 0 spiro atoms. The number of rotatable bonds is 4. The van der Waals surface area contributed by atoms with Crippen LogP contribution in [0.1, 0.15) is 32.3 Å². The summed E-state index contributed by atoms with van der Waals surface area (Å²) < 4.78 is 1.03. The van der Waals surface area contributed by atoms with Gasteiger partial charge in [-0.25, -0.2) is 0 Å². The Balaban J connectivity index is 1.83. The van der Waals surface area contributed by atoms with Crippen LogP contribution in [-0.4, -0.2) is 47.5 Å². The van der Waals surface area contributed by atoms with Crippen LogP contribution in [0.15, 0.2) is 48.8 Å². The van der Waals surface area contributed by atoms with Gasteiger partial charge in [-0.3, -0.25) is 0 Å². The van der Waals surface area contributed by atoms with Gasteiger partial charge in [-0.1, -0.05) is 0 Å². The maximum Gasteiger partial charge on any atom is 0.235 e. The summed E-state index contributed by atoms with van der Waals surface area (Å²) in [5.74, 6) is 0. The molecule has 2 unspecified atom stereocenters. The molecule has 0 fully saturated rings. The molecule has 19 heavy (non-hydrogen) atoms. The van der Waals surface area contributed by atoms with Crippen molar-refractivity contribution in [3.63, 3.8) is 0 Å². The molecule has 3 aromatic heterocycles. The van der Waals surface area contributed by atoms with E-state index < -0.39 is 0 Å². The number of hydrogen-bond acceptors (Lipinski definition) is 0. The molecular weight excluding hydrogens is 264 g/mol. The average Bonchev–Trinajstić information content (AvgIpc) is 3.16. The fourth-order valence-corrected chi connectivity index (χ4v) is 3.89. The number of aromatic amines is 3. The van der Waals surface area contributed by atoms with Crippen molar-refractivity contribution >= 4 is 32.6 Å². The lowest BCUT2D eigenvalue weighted by Gasteiger charge is -2.10. The van der Waals surface area contributed by atoms with Crippen molar-refractivity contribution in [1.29, 1.82) is 0 Å². The van der Waals surface area contributed by atoms with Gasteiger partial charge in [0.05, 0.1) is 0 Å². The zero-order valence-electron chi connectivity index (χ0n) is 11.3. The lowest BCUT2D eigenvalue weighted by atomic mass is 10.2. The van der Waals surface area contributed by atoms with Crippen molar-refractivity contribution < 1.29 is 0 Å². The third-order valence-corrected chi connectivity index (χ3v) is 6.33. The highest BCUT2D eigenvalue weighted by Crippen LogP contribution is 2.24. The predicted octanol–water partition coefficient (Wildman–Crippen LogP) is 1.12. The van der Waals surface area contributed by atoms with Crippen molar-refractivity contribution in [3.8, 4) is 0 Å². The van der Waals surface area contributed by atoms with Gasteiger partial charge < -0.3 is 15.0 Å². The van der Waals surface area contributed by atoms with Crippen LogP contribution in [0.3, 0.4) is 0 Å². The van der Waals surface area contributed by atoms with Gasteiger partial charge in [0, 0.05) is 35.2 Å². The zero-order valence-corrected chi connectivity index (χ0v) is 15.3. The first-order valence-electron chi connectivity index (χ1n) is 6.71. The number of aromatic nitrogens is 3. The standard InChI is InChI=1S/C14H13N3.2Al.4H/c1-3-11(15-7-1)9-13-5-6-14(17-13)10-12-4-2-8-16-12;;;;;;/h1-10,15-17H;;;;;;. The molecule has 3 rings (SSSR count). The van der Waals surface area contributed by atoms with Gasteiger partial charge in [0.25, 0.3) is 0 Å². The predicted molar refractivity (Wildman–Crippen MR) is 83.2 cm³/mol.